The molecule has 8 heteroatoms. The van der Waals surface area contributed by atoms with Gasteiger partial charge in [0.2, 0.25) is 0 Å². The van der Waals surface area contributed by atoms with Crippen LogP contribution < -0.4 is 0 Å². The molecule has 4 rings (SSSR count). The second-order valence-corrected chi connectivity index (χ2v) is 6.80. The Balaban J connectivity index is 1.43. The molecule has 1 saturated heterocycles. The maximum Gasteiger partial charge on any atom is 0.254 e. The summed E-state index contributed by atoms with van der Waals surface area (Å²) in [5.74, 6) is 0.00577. The molecule has 1 atom stereocenters. The Morgan fingerprint density at radius 1 is 1.15 bits per heavy atom. The van der Waals surface area contributed by atoms with E-state index in [4.69, 9.17) is 16.3 Å². The lowest BCUT2D eigenvalue weighted by Gasteiger charge is -2.33. The SMILES string of the molecule is O=C(c1ccc(Cn2cnnn2)cc1)N1CCOC(c2ccc(Cl)cc2)C1. The maximum absolute atomic E-state index is 12.9. The summed E-state index contributed by atoms with van der Waals surface area (Å²) in [5, 5.41) is 11.8. The molecule has 0 radical (unpaired) electrons. The molecule has 2 heterocycles. The number of amides is 1. The first-order valence-corrected chi connectivity index (χ1v) is 9.03. The predicted octanol–water partition coefficient (Wildman–Crippen LogP) is 2.59. The summed E-state index contributed by atoms with van der Waals surface area (Å²) in [6.07, 6.45) is 1.42. The van der Waals surface area contributed by atoms with Gasteiger partial charge in [-0.25, -0.2) is 4.68 Å². The van der Waals surface area contributed by atoms with Gasteiger partial charge in [0.25, 0.3) is 5.91 Å². The predicted molar refractivity (Wildman–Crippen MR) is 99.4 cm³/mol. The number of nitrogens with zero attached hydrogens (tertiary/aromatic N) is 5. The third kappa shape index (κ3) is 4.15. The number of hydrogen-bond donors (Lipinski definition) is 0. The quantitative estimate of drug-likeness (QED) is 0.692. The smallest absolute Gasteiger partial charge is 0.254 e. The molecule has 1 unspecified atom stereocenters. The van der Waals surface area contributed by atoms with Crippen LogP contribution in [0.15, 0.2) is 54.9 Å². The summed E-state index contributed by atoms with van der Waals surface area (Å²) in [7, 11) is 0. The lowest BCUT2D eigenvalue weighted by molar-refractivity contribution is -0.0228. The van der Waals surface area contributed by atoms with E-state index < -0.39 is 0 Å². The van der Waals surface area contributed by atoms with Gasteiger partial charge in [-0.2, -0.15) is 0 Å². The number of rotatable bonds is 4. The molecule has 138 valence electrons. The standard InChI is InChI=1S/C19H18ClN5O2/c20-17-7-5-15(6-8-17)18-12-24(9-10-27-18)19(26)16-3-1-14(2-4-16)11-25-13-21-22-23-25/h1-8,13,18H,9-12H2. The highest BCUT2D eigenvalue weighted by Crippen LogP contribution is 2.24. The van der Waals surface area contributed by atoms with Crippen molar-refractivity contribution in [2.75, 3.05) is 19.7 Å². The van der Waals surface area contributed by atoms with Crippen molar-refractivity contribution in [2.24, 2.45) is 0 Å². The number of benzene rings is 2. The van der Waals surface area contributed by atoms with E-state index in [0.29, 0.717) is 36.8 Å². The fraction of sp³-hybridized carbons (Fsp3) is 0.263. The largest absolute Gasteiger partial charge is 0.370 e. The highest BCUT2D eigenvalue weighted by molar-refractivity contribution is 6.30. The second kappa shape index (κ2) is 7.85. The van der Waals surface area contributed by atoms with Crippen LogP contribution in [0.5, 0.6) is 0 Å². The normalized spacial score (nSPS) is 17.1. The van der Waals surface area contributed by atoms with Crippen LogP contribution in [0, 0.1) is 0 Å². The number of aromatic nitrogens is 4. The van der Waals surface area contributed by atoms with Gasteiger partial charge in [0.15, 0.2) is 0 Å². The van der Waals surface area contributed by atoms with Crippen LogP contribution in [0.2, 0.25) is 5.02 Å². The van der Waals surface area contributed by atoms with E-state index >= 15 is 0 Å². The second-order valence-electron chi connectivity index (χ2n) is 6.37. The van der Waals surface area contributed by atoms with Crippen molar-refractivity contribution < 1.29 is 9.53 Å². The molecule has 1 aliphatic rings. The van der Waals surface area contributed by atoms with E-state index in [1.807, 2.05) is 53.4 Å². The summed E-state index contributed by atoms with van der Waals surface area (Å²) in [6, 6.07) is 15.1. The number of carbonyl (C=O) groups is 1. The Labute approximate surface area is 161 Å². The highest BCUT2D eigenvalue weighted by atomic mass is 35.5. The number of carbonyl (C=O) groups excluding carboxylic acids is 1. The van der Waals surface area contributed by atoms with Gasteiger partial charge in [-0.05, 0) is 45.8 Å². The highest BCUT2D eigenvalue weighted by Gasteiger charge is 2.26. The van der Waals surface area contributed by atoms with Gasteiger partial charge in [-0.1, -0.05) is 35.9 Å². The number of morpholine rings is 1. The van der Waals surface area contributed by atoms with E-state index in [1.54, 1.807) is 11.0 Å². The van der Waals surface area contributed by atoms with Gasteiger partial charge in [0.05, 0.1) is 19.7 Å². The molecular weight excluding hydrogens is 366 g/mol. The van der Waals surface area contributed by atoms with E-state index in [2.05, 4.69) is 15.5 Å². The van der Waals surface area contributed by atoms with Crippen molar-refractivity contribution in [3.63, 3.8) is 0 Å². The summed E-state index contributed by atoms with van der Waals surface area (Å²) in [6.45, 7) is 2.18. The molecule has 2 aromatic carbocycles. The monoisotopic (exact) mass is 383 g/mol. The number of hydrogen-bond acceptors (Lipinski definition) is 5. The molecule has 0 bridgehead atoms. The summed E-state index contributed by atoms with van der Waals surface area (Å²) in [5.41, 5.74) is 2.71. The fourth-order valence-corrected chi connectivity index (χ4v) is 3.21. The van der Waals surface area contributed by atoms with Gasteiger partial charge < -0.3 is 9.64 Å². The Kier molecular flexibility index (Phi) is 5.13. The van der Waals surface area contributed by atoms with Crippen molar-refractivity contribution >= 4 is 17.5 Å². The van der Waals surface area contributed by atoms with Gasteiger partial charge in [-0.3, -0.25) is 4.79 Å². The molecule has 1 fully saturated rings. The molecule has 7 nitrogen and oxygen atoms in total. The Morgan fingerprint density at radius 2 is 1.93 bits per heavy atom. The first-order chi connectivity index (χ1) is 13.2. The van der Waals surface area contributed by atoms with Gasteiger partial charge >= 0.3 is 0 Å². The van der Waals surface area contributed by atoms with E-state index in [9.17, 15) is 4.79 Å². The van der Waals surface area contributed by atoms with Crippen LogP contribution in [0.25, 0.3) is 0 Å². The summed E-state index contributed by atoms with van der Waals surface area (Å²) in [4.78, 5) is 14.7. The topological polar surface area (TPSA) is 73.1 Å². The summed E-state index contributed by atoms with van der Waals surface area (Å²) >= 11 is 5.95. The molecule has 0 saturated carbocycles. The molecule has 0 spiro atoms. The van der Waals surface area contributed by atoms with Crippen LogP contribution in [0.3, 0.4) is 0 Å². The van der Waals surface area contributed by atoms with Gasteiger partial charge in [-0.15, -0.1) is 5.10 Å². The first kappa shape index (κ1) is 17.6. The summed E-state index contributed by atoms with van der Waals surface area (Å²) < 4.78 is 7.47. The van der Waals surface area contributed by atoms with E-state index in [0.717, 1.165) is 11.1 Å². The lowest BCUT2D eigenvalue weighted by atomic mass is 10.1. The van der Waals surface area contributed by atoms with Crippen molar-refractivity contribution in [2.45, 2.75) is 12.6 Å². The molecule has 1 aromatic heterocycles. The van der Waals surface area contributed by atoms with Crippen LogP contribution in [0.1, 0.15) is 27.6 Å². The molecule has 0 aliphatic carbocycles. The van der Waals surface area contributed by atoms with Gasteiger partial charge in [0.1, 0.15) is 12.4 Å². The number of ether oxygens (including phenoxy) is 1. The maximum atomic E-state index is 12.9. The lowest BCUT2D eigenvalue weighted by Crippen LogP contribution is -2.42. The van der Waals surface area contributed by atoms with Crippen LogP contribution in [-0.2, 0) is 11.3 Å². The van der Waals surface area contributed by atoms with Crippen LogP contribution in [0.4, 0.5) is 0 Å². The minimum absolute atomic E-state index is 0.00577. The third-order valence-electron chi connectivity index (χ3n) is 4.53. The fourth-order valence-electron chi connectivity index (χ4n) is 3.09. The zero-order chi connectivity index (χ0) is 18.6. The zero-order valence-corrected chi connectivity index (χ0v) is 15.3. The van der Waals surface area contributed by atoms with Crippen molar-refractivity contribution in [1.82, 2.24) is 25.1 Å². The Hall–Kier alpha value is -2.77. The average Bonchev–Trinajstić information content (AvgIpc) is 3.22. The molecule has 0 N–H and O–H groups in total. The number of tetrazole rings is 1. The van der Waals surface area contributed by atoms with Crippen molar-refractivity contribution in [1.29, 1.82) is 0 Å². The van der Waals surface area contributed by atoms with Crippen molar-refractivity contribution in [3.05, 3.63) is 76.6 Å². The third-order valence-corrected chi connectivity index (χ3v) is 4.78. The van der Waals surface area contributed by atoms with Crippen molar-refractivity contribution in [3.8, 4) is 0 Å². The molecule has 1 amide bonds. The molecular formula is C19H18ClN5O2. The average molecular weight is 384 g/mol. The first-order valence-electron chi connectivity index (χ1n) is 8.65. The molecule has 27 heavy (non-hydrogen) atoms. The van der Waals surface area contributed by atoms with Crippen LogP contribution in [-0.4, -0.2) is 50.7 Å². The van der Waals surface area contributed by atoms with Crippen LogP contribution >= 0.6 is 11.6 Å². The minimum Gasteiger partial charge on any atom is -0.370 e. The Bertz CT molecular complexity index is 897. The zero-order valence-electron chi connectivity index (χ0n) is 14.5. The number of halogens is 1. The Morgan fingerprint density at radius 3 is 2.63 bits per heavy atom. The van der Waals surface area contributed by atoms with E-state index in [1.165, 1.54) is 0 Å². The van der Waals surface area contributed by atoms with Gasteiger partial charge in [0, 0.05) is 17.1 Å². The van der Waals surface area contributed by atoms with E-state index in [-0.39, 0.29) is 12.0 Å². The molecule has 1 aliphatic heterocycles. The minimum atomic E-state index is -0.140. The molecule has 3 aromatic rings.